The number of benzene rings is 1. The number of ether oxygens (including phenoxy) is 1. The van der Waals surface area contributed by atoms with Gasteiger partial charge in [-0.25, -0.2) is 0 Å². The van der Waals surface area contributed by atoms with Crippen molar-refractivity contribution in [3.8, 4) is 5.75 Å². The summed E-state index contributed by atoms with van der Waals surface area (Å²) in [5, 5.41) is 2.81. The van der Waals surface area contributed by atoms with Crippen LogP contribution in [0.2, 0.25) is 0 Å². The summed E-state index contributed by atoms with van der Waals surface area (Å²) in [4.78, 5) is 26.0. The van der Waals surface area contributed by atoms with Gasteiger partial charge in [0.1, 0.15) is 12.4 Å². The fraction of sp³-hybridized carbons (Fsp3) is 0.412. The molecule has 5 heteroatoms. The van der Waals surface area contributed by atoms with Gasteiger partial charge in [-0.3, -0.25) is 9.59 Å². The van der Waals surface area contributed by atoms with E-state index in [0.717, 1.165) is 5.57 Å². The molecule has 0 radical (unpaired) electrons. The molecule has 1 aromatic carbocycles. The van der Waals surface area contributed by atoms with Crippen molar-refractivity contribution in [1.29, 1.82) is 0 Å². The first-order valence-electron chi connectivity index (χ1n) is 7.43. The molecule has 0 bridgehead atoms. The highest BCUT2D eigenvalue weighted by molar-refractivity contribution is 5.97. The molecule has 0 unspecified atom stereocenters. The molecule has 1 fully saturated rings. The lowest BCUT2D eigenvalue weighted by atomic mass is 10.1. The van der Waals surface area contributed by atoms with Gasteiger partial charge < -0.3 is 15.0 Å². The number of carbonyl (C=O) groups is 2. The molecule has 0 spiro atoms. The minimum Gasteiger partial charge on any atom is -0.488 e. The molecule has 1 aliphatic rings. The molecular weight excluding hydrogens is 280 g/mol. The van der Waals surface area contributed by atoms with Crippen molar-refractivity contribution in [3.63, 3.8) is 0 Å². The Morgan fingerprint density at radius 2 is 2.18 bits per heavy atom. The molecule has 22 heavy (non-hydrogen) atoms. The fourth-order valence-corrected chi connectivity index (χ4v) is 2.33. The molecule has 1 atom stereocenters. The number of carbonyl (C=O) groups excluding carboxylic acids is 2. The minimum atomic E-state index is -0.110. The lowest BCUT2D eigenvalue weighted by molar-refractivity contribution is -0.120. The van der Waals surface area contributed by atoms with Crippen LogP contribution >= 0.6 is 0 Å². The number of nitrogens with zero attached hydrogens (tertiary/aromatic N) is 1. The molecule has 1 aromatic rings. The molecular formula is C17H22N2O3. The van der Waals surface area contributed by atoms with Gasteiger partial charge in [-0.05, 0) is 31.6 Å². The third-order valence-corrected chi connectivity index (χ3v) is 3.56. The summed E-state index contributed by atoms with van der Waals surface area (Å²) in [5.41, 5.74) is 1.41. The largest absolute Gasteiger partial charge is 0.488 e. The van der Waals surface area contributed by atoms with Crippen molar-refractivity contribution in [2.24, 2.45) is 0 Å². The zero-order valence-corrected chi connectivity index (χ0v) is 13.1. The van der Waals surface area contributed by atoms with Gasteiger partial charge in [-0.15, -0.1) is 0 Å². The third-order valence-electron chi connectivity index (χ3n) is 3.56. The van der Waals surface area contributed by atoms with Gasteiger partial charge in [0.05, 0.1) is 5.56 Å². The minimum absolute atomic E-state index is 0.0195. The molecule has 5 nitrogen and oxygen atoms in total. The highest BCUT2D eigenvalue weighted by Gasteiger charge is 2.27. The smallest absolute Gasteiger partial charge is 0.257 e. The molecule has 0 aromatic heterocycles. The lowest BCUT2D eigenvalue weighted by Crippen LogP contribution is -2.41. The number of amides is 2. The van der Waals surface area contributed by atoms with Crippen LogP contribution in [-0.4, -0.2) is 42.5 Å². The van der Waals surface area contributed by atoms with Crippen LogP contribution in [0.4, 0.5) is 0 Å². The van der Waals surface area contributed by atoms with Crippen molar-refractivity contribution in [2.45, 2.75) is 26.3 Å². The topological polar surface area (TPSA) is 58.6 Å². The molecule has 2 amide bonds. The Bertz CT molecular complexity index is 583. The fourth-order valence-electron chi connectivity index (χ4n) is 2.33. The summed E-state index contributed by atoms with van der Waals surface area (Å²) in [5.74, 6) is 0.418. The predicted molar refractivity (Wildman–Crippen MR) is 84.9 cm³/mol. The maximum Gasteiger partial charge on any atom is 0.257 e. The quantitative estimate of drug-likeness (QED) is 0.865. The highest BCUT2D eigenvalue weighted by atomic mass is 16.5. The average molecular weight is 302 g/mol. The second-order valence-corrected chi connectivity index (χ2v) is 5.64. The summed E-state index contributed by atoms with van der Waals surface area (Å²) in [6.07, 6.45) is 0.324. The van der Waals surface area contributed by atoms with Gasteiger partial charge in [0, 0.05) is 25.6 Å². The Morgan fingerprint density at radius 1 is 1.45 bits per heavy atom. The zero-order chi connectivity index (χ0) is 16.1. The summed E-state index contributed by atoms with van der Waals surface area (Å²) in [6.45, 7) is 8.87. The number of para-hydroxylation sites is 1. The normalized spacial score (nSPS) is 18.4. The summed E-state index contributed by atoms with van der Waals surface area (Å²) in [6, 6.07) is 7.13. The Labute approximate surface area is 130 Å². The van der Waals surface area contributed by atoms with Crippen LogP contribution in [0.25, 0.3) is 0 Å². The van der Waals surface area contributed by atoms with Crippen LogP contribution in [0.3, 0.4) is 0 Å². The molecule has 0 saturated carbocycles. The summed E-state index contributed by atoms with van der Waals surface area (Å²) < 4.78 is 5.67. The second kappa shape index (κ2) is 7.11. The van der Waals surface area contributed by atoms with E-state index in [-0.39, 0.29) is 17.9 Å². The number of hydrogen-bond donors (Lipinski definition) is 1. The Hall–Kier alpha value is -2.30. The Morgan fingerprint density at radius 3 is 2.91 bits per heavy atom. The van der Waals surface area contributed by atoms with E-state index >= 15 is 0 Å². The van der Waals surface area contributed by atoms with E-state index < -0.39 is 0 Å². The molecule has 1 saturated heterocycles. The van der Waals surface area contributed by atoms with Crippen LogP contribution in [0.15, 0.2) is 36.4 Å². The first-order chi connectivity index (χ1) is 10.5. The SMILES string of the molecule is C=C(C)COc1ccccc1C(=O)N1CCC(=O)NC[C@H]1C. The third kappa shape index (κ3) is 3.87. The van der Waals surface area contributed by atoms with Gasteiger partial charge in [-0.2, -0.15) is 0 Å². The van der Waals surface area contributed by atoms with E-state index in [1.165, 1.54) is 0 Å². The van der Waals surface area contributed by atoms with Gasteiger partial charge in [-0.1, -0.05) is 18.7 Å². The van der Waals surface area contributed by atoms with E-state index in [4.69, 9.17) is 4.74 Å². The molecule has 1 heterocycles. The monoisotopic (exact) mass is 302 g/mol. The van der Waals surface area contributed by atoms with Crippen LogP contribution in [-0.2, 0) is 4.79 Å². The van der Waals surface area contributed by atoms with Crippen LogP contribution in [0.1, 0.15) is 30.6 Å². The summed E-state index contributed by atoms with van der Waals surface area (Å²) in [7, 11) is 0. The lowest BCUT2D eigenvalue weighted by Gasteiger charge is -2.27. The molecule has 2 rings (SSSR count). The molecule has 118 valence electrons. The molecule has 0 aliphatic carbocycles. The van der Waals surface area contributed by atoms with Crippen molar-refractivity contribution in [1.82, 2.24) is 10.2 Å². The first kappa shape index (κ1) is 16.1. The highest BCUT2D eigenvalue weighted by Crippen LogP contribution is 2.22. The van der Waals surface area contributed by atoms with Crippen LogP contribution < -0.4 is 10.1 Å². The zero-order valence-electron chi connectivity index (χ0n) is 13.1. The van der Waals surface area contributed by atoms with E-state index in [9.17, 15) is 9.59 Å². The summed E-state index contributed by atoms with van der Waals surface area (Å²) >= 11 is 0. The average Bonchev–Trinajstić information content (AvgIpc) is 2.67. The first-order valence-corrected chi connectivity index (χ1v) is 7.43. The second-order valence-electron chi connectivity index (χ2n) is 5.64. The van der Waals surface area contributed by atoms with Crippen LogP contribution in [0.5, 0.6) is 5.75 Å². The van der Waals surface area contributed by atoms with E-state index in [0.29, 0.717) is 37.4 Å². The maximum atomic E-state index is 12.8. The van der Waals surface area contributed by atoms with E-state index in [1.54, 1.807) is 17.0 Å². The van der Waals surface area contributed by atoms with Crippen LogP contribution in [0, 0.1) is 0 Å². The van der Waals surface area contributed by atoms with Crippen molar-refractivity contribution in [2.75, 3.05) is 19.7 Å². The Kier molecular flexibility index (Phi) is 5.20. The van der Waals surface area contributed by atoms with E-state index in [2.05, 4.69) is 11.9 Å². The Balaban J connectivity index is 2.21. The molecule has 1 N–H and O–H groups in total. The predicted octanol–water partition coefficient (Wildman–Crippen LogP) is 1.99. The number of nitrogens with one attached hydrogen (secondary N) is 1. The maximum absolute atomic E-state index is 12.8. The molecule has 1 aliphatic heterocycles. The van der Waals surface area contributed by atoms with E-state index in [1.807, 2.05) is 26.0 Å². The number of rotatable bonds is 4. The van der Waals surface area contributed by atoms with Gasteiger partial charge >= 0.3 is 0 Å². The van der Waals surface area contributed by atoms with Gasteiger partial charge in [0.15, 0.2) is 0 Å². The standard InChI is InChI=1S/C17H22N2O3/c1-12(2)11-22-15-7-5-4-6-14(15)17(21)19-9-8-16(20)18-10-13(19)3/h4-7,13H,1,8-11H2,2-3H3,(H,18,20)/t13-/m1/s1. The number of hydrogen-bond acceptors (Lipinski definition) is 3. The van der Waals surface area contributed by atoms with Crippen molar-refractivity contribution < 1.29 is 14.3 Å². The van der Waals surface area contributed by atoms with Gasteiger partial charge in [0.25, 0.3) is 5.91 Å². The van der Waals surface area contributed by atoms with Gasteiger partial charge in [0.2, 0.25) is 5.91 Å². The van der Waals surface area contributed by atoms with Crippen molar-refractivity contribution in [3.05, 3.63) is 42.0 Å². The van der Waals surface area contributed by atoms with Crippen molar-refractivity contribution >= 4 is 11.8 Å².